The number of carbonyl (C=O) groups is 2. The predicted octanol–water partition coefficient (Wildman–Crippen LogP) is 14.1. The van der Waals surface area contributed by atoms with Gasteiger partial charge in [-0.25, -0.2) is 0 Å². The van der Waals surface area contributed by atoms with Crippen molar-refractivity contribution in [2.75, 3.05) is 0 Å². The lowest BCUT2D eigenvalue weighted by Gasteiger charge is -2.18. The molecule has 1 unspecified atom stereocenters. The Bertz CT molecular complexity index is 850. The highest BCUT2D eigenvalue weighted by atomic mass is 16.5. The van der Waals surface area contributed by atoms with Gasteiger partial charge >= 0.3 is 11.9 Å². The van der Waals surface area contributed by atoms with Crippen LogP contribution in [-0.2, 0) is 14.3 Å². The van der Waals surface area contributed by atoms with E-state index in [0.29, 0.717) is 6.42 Å². The third-order valence-electron chi connectivity index (χ3n) is 8.72. The third-order valence-corrected chi connectivity index (χ3v) is 8.72. The second-order valence-corrected chi connectivity index (χ2v) is 13.4. The lowest BCUT2D eigenvalue weighted by Crippen LogP contribution is -2.18. The van der Waals surface area contributed by atoms with Crippen LogP contribution in [0, 0.1) is 0 Å². The van der Waals surface area contributed by atoms with Gasteiger partial charge in [0, 0.05) is 12.8 Å². The predicted molar refractivity (Wildman–Crippen MR) is 208 cm³/mol. The minimum Gasteiger partial charge on any atom is -0.481 e. The normalized spacial score (nSPS) is 12.9. The summed E-state index contributed by atoms with van der Waals surface area (Å²) in [4.78, 5) is 23.4. The molecule has 0 aromatic carbocycles. The first-order valence-corrected chi connectivity index (χ1v) is 20.3. The van der Waals surface area contributed by atoms with Gasteiger partial charge in [-0.2, -0.15) is 0 Å². The number of carbonyl (C=O) groups excluding carboxylic acids is 1. The van der Waals surface area contributed by atoms with E-state index in [0.717, 1.165) is 103 Å². The fourth-order valence-corrected chi connectivity index (χ4v) is 5.76. The second-order valence-electron chi connectivity index (χ2n) is 13.4. The van der Waals surface area contributed by atoms with Gasteiger partial charge in [0.25, 0.3) is 0 Å². The van der Waals surface area contributed by atoms with Gasteiger partial charge in [-0.1, -0.05) is 145 Å². The number of aliphatic carboxylic acids is 1. The molecule has 0 spiro atoms. The van der Waals surface area contributed by atoms with Gasteiger partial charge in [0.15, 0.2) is 0 Å². The lowest BCUT2D eigenvalue weighted by atomic mass is 10.0. The molecule has 48 heavy (non-hydrogen) atoms. The molecule has 0 aromatic rings. The van der Waals surface area contributed by atoms with Crippen molar-refractivity contribution in [3.8, 4) is 0 Å². The van der Waals surface area contributed by atoms with Crippen LogP contribution in [0.1, 0.15) is 200 Å². The Kier molecular flexibility index (Phi) is 37.2. The SMILES string of the molecule is CC/C=C\C/C=C\C/C=C\C/C=C\CCCCC(=O)OC(CCCCC/C=C\CCCCCCCCCC)CCCCCCCC(=O)O. The van der Waals surface area contributed by atoms with E-state index >= 15 is 0 Å². The summed E-state index contributed by atoms with van der Waals surface area (Å²) in [6, 6.07) is 0. The molecule has 4 nitrogen and oxygen atoms in total. The molecule has 0 aromatic heterocycles. The number of hydrogen-bond acceptors (Lipinski definition) is 3. The van der Waals surface area contributed by atoms with Crippen molar-refractivity contribution in [3.63, 3.8) is 0 Å². The van der Waals surface area contributed by atoms with Crippen LogP contribution in [0.2, 0.25) is 0 Å². The van der Waals surface area contributed by atoms with E-state index in [9.17, 15) is 9.59 Å². The summed E-state index contributed by atoms with van der Waals surface area (Å²) < 4.78 is 5.98. The molecule has 276 valence electrons. The molecule has 0 rings (SSSR count). The van der Waals surface area contributed by atoms with Crippen LogP contribution in [0.25, 0.3) is 0 Å². The van der Waals surface area contributed by atoms with Crippen LogP contribution in [0.15, 0.2) is 60.8 Å². The largest absolute Gasteiger partial charge is 0.481 e. The van der Waals surface area contributed by atoms with Crippen molar-refractivity contribution in [1.29, 1.82) is 0 Å². The maximum Gasteiger partial charge on any atom is 0.306 e. The second kappa shape index (κ2) is 39.1. The summed E-state index contributed by atoms with van der Waals surface area (Å²) in [7, 11) is 0. The number of allylic oxidation sites excluding steroid dienone is 10. The lowest BCUT2D eigenvalue weighted by molar-refractivity contribution is -0.150. The summed E-state index contributed by atoms with van der Waals surface area (Å²) in [5, 5.41) is 8.83. The van der Waals surface area contributed by atoms with Crippen molar-refractivity contribution in [2.24, 2.45) is 0 Å². The van der Waals surface area contributed by atoms with Crippen molar-refractivity contribution >= 4 is 11.9 Å². The quantitative estimate of drug-likeness (QED) is 0.0410. The molecule has 0 bridgehead atoms. The molecule has 4 heteroatoms. The van der Waals surface area contributed by atoms with Crippen LogP contribution in [0.5, 0.6) is 0 Å². The first kappa shape index (κ1) is 45.6. The molecule has 0 saturated carbocycles. The zero-order valence-corrected chi connectivity index (χ0v) is 31.5. The molecule has 0 fully saturated rings. The van der Waals surface area contributed by atoms with E-state index in [2.05, 4.69) is 74.6 Å². The maximum absolute atomic E-state index is 12.7. The van der Waals surface area contributed by atoms with E-state index in [4.69, 9.17) is 9.84 Å². The van der Waals surface area contributed by atoms with Gasteiger partial charge in [0.1, 0.15) is 6.10 Å². The number of unbranched alkanes of at least 4 members (excludes halogenated alkanes) is 17. The highest BCUT2D eigenvalue weighted by Crippen LogP contribution is 2.18. The first-order valence-electron chi connectivity index (χ1n) is 20.3. The van der Waals surface area contributed by atoms with Crippen molar-refractivity contribution in [3.05, 3.63) is 60.8 Å². The van der Waals surface area contributed by atoms with Crippen LogP contribution < -0.4 is 0 Å². The molecule has 1 N–H and O–H groups in total. The fourth-order valence-electron chi connectivity index (χ4n) is 5.76. The zero-order valence-electron chi connectivity index (χ0n) is 31.5. The van der Waals surface area contributed by atoms with Crippen LogP contribution in [-0.4, -0.2) is 23.1 Å². The first-order chi connectivity index (χ1) is 23.6. The van der Waals surface area contributed by atoms with Gasteiger partial charge in [0.05, 0.1) is 0 Å². The number of hydrogen-bond donors (Lipinski definition) is 1. The third kappa shape index (κ3) is 38.1. The van der Waals surface area contributed by atoms with Gasteiger partial charge in [-0.15, -0.1) is 0 Å². The number of carboxylic acid groups (broad SMARTS) is 1. The molecule has 0 radical (unpaired) electrons. The minimum atomic E-state index is -0.709. The number of ether oxygens (including phenoxy) is 1. The van der Waals surface area contributed by atoms with E-state index < -0.39 is 5.97 Å². The van der Waals surface area contributed by atoms with Crippen LogP contribution in [0.4, 0.5) is 0 Å². The standard InChI is InChI=1S/C44H76O4/c1-3-5-7-9-11-13-15-17-19-21-23-25-27-30-34-38-42(39-35-31-29-32-36-40-43(45)46)48-44(47)41-37-33-28-26-24-22-20-18-16-14-12-10-8-6-4-2/h6,8,12,14,18,20-21,23-24,26,42H,3-5,7,9-11,13,15-17,19,22,25,27-41H2,1-2H3,(H,45,46)/b8-6-,14-12-,20-18-,23-21-,26-24-. The summed E-state index contributed by atoms with van der Waals surface area (Å²) >= 11 is 0. The van der Waals surface area contributed by atoms with Gasteiger partial charge in [-0.3, -0.25) is 9.59 Å². The zero-order chi connectivity index (χ0) is 35.0. The van der Waals surface area contributed by atoms with Crippen LogP contribution in [0.3, 0.4) is 0 Å². The van der Waals surface area contributed by atoms with Crippen molar-refractivity contribution in [1.82, 2.24) is 0 Å². The molecule has 0 aliphatic carbocycles. The van der Waals surface area contributed by atoms with Gasteiger partial charge in [0.2, 0.25) is 0 Å². The van der Waals surface area contributed by atoms with Crippen LogP contribution >= 0.6 is 0 Å². The number of esters is 1. The molecule has 0 heterocycles. The summed E-state index contributed by atoms with van der Waals surface area (Å²) in [6.45, 7) is 4.43. The summed E-state index contributed by atoms with van der Waals surface area (Å²) in [5.41, 5.74) is 0. The highest BCUT2D eigenvalue weighted by molar-refractivity contribution is 5.69. The highest BCUT2D eigenvalue weighted by Gasteiger charge is 2.14. The summed E-state index contributed by atoms with van der Waals surface area (Å²) in [6.07, 6.45) is 53.8. The Labute approximate surface area is 297 Å². The number of rotatable bonds is 36. The fraction of sp³-hybridized carbons (Fsp3) is 0.727. The minimum absolute atomic E-state index is 0.0170. The molecule has 0 aliphatic rings. The number of carboxylic acids is 1. The molecule has 1 atom stereocenters. The van der Waals surface area contributed by atoms with Gasteiger partial charge in [-0.05, 0) is 103 Å². The Morgan fingerprint density at radius 3 is 1.42 bits per heavy atom. The van der Waals surface area contributed by atoms with E-state index in [1.54, 1.807) is 0 Å². The summed E-state index contributed by atoms with van der Waals surface area (Å²) in [5.74, 6) is -0.755. The molecular formula is C44H76O4. The Balaban J connectivity index is 4.17. The monoisotopic (exact) mass is 669 g/mol. The smallest absolute Gasteiger partial charge is 0.306 e. The molecular weight excluding hydrogens is 592 g/mol. The van der Waals surface area contributed by atoms with E-state index in [1.807, 2.05) is 0 Å². The molecule has 0 aliphatic heterocycles. The average molecular weight is 669 g/mol. The molecule has 0 saturated heterocycles. The average Bonchev–Trinajstić information content (AvgIpc) is 3.07. The van der Waals surface area contributed by atoms with E-state index in [1.165, 1.54) is 70.6 Å². The topological polar surface area (TPSA) is 63.6 Å². The Morgan fingerprint density at radius 2 is 0.875 bits per heavy atom. The maximum atomic E-state index is 12.7. The molecule has 0 amide bonds. The van der Waals surface area contributed by atoms with Gasteiger partial charge < -0.3 is 9.84 Å². The Hall–Kier alpha value is -2.36. The Morgan fingerprint density at radius 1 is 0.479 bits per heavy atom. The van der Waals surface area contributed by atoms with E-state index in [-0.39, 0.29) is 18.5 Å². The van der Waals surface area contributed by atoms with Crippen molar-refractivity contribution in [2.45, 2.75) is 206 Å². The van der Waals surface area contributed by atoms with Crippen molar-refractivity contribution < 1.29 is 19.4 Å².